The Kier molecular flexibility index (Phi) is 2.10. The third-order valence-electron chi connectivity index (χ3n) is 2.45. The first-order valence-electron chi connectivity index (χ1n) is 4.48. The molecule has 0 saturated carbocycles. The molecule has 13 heavy (non-hydrogen) atoms. The van der Waals surface area contributed by atoms with Gasteiger partial charge in [0.15, 0.2) is 0 Å². The predicted octanol–water partition coefficient (Wildman–Crippen LogP) is 1.31. The molecule has 0 aliphatic carbocycles. The maximum Gasteiger partial charge on any atom is 0.123 e. The minimum absolute atomic E-state index is 0.429. The largest absolute Gasteiger partial charge is 0.496 e. The van der Waals surface area contributed by atoms with E-state index in [0.717, 1.165) is 18.0 Å². The van der Waals surface area contributed by atoms with E-state index < -0.39 is 0 Å². The summed E-state index contributed by atoms with van der Waals surface area (Å²) in [5.41, 5.74) is 7.69. The molecule has 1 fully saturated rings. The molecular weight excluding hydrogens is 164 g/mol. The Balaban J connectivity index is 2.33. The third kappa shape index (κ3) is 1.47. The summed E-state index contributed by atoms with van der Waals surface area (Å²) in [7, 11) is 1.69. The first kappa shape index (κ1) is 8.38. The van der Waals surface area contributed by atoms with Crippen LogP contribution in [-0.2, 0) is 0 Å². The number of hydrogen-bond acceptors (Lipinski definition) is 3. The van der Waals surface area contributed by atoms with Crippen molar-refractivity contribution in [3.63, 3.8) is 0 Å². The van der Waals surface area contributed by atoms with Crippen LogP contribution in [0, 0.1) is 0 Å². The molecule has 0 unspecified atom stereocenters. The fraction of sp³-hybridized carbons (Fsp3) is 0.400. The fourth-order valence-electron chi connectivity index (χ4n) is 1.58. The van der Waals surface area contributed by atoms with E-state index in [1.54, 1.807) is 7.11 Å². The zero-order chi connectivity index (χ0) is 9.26. The van der Waals surface area contributed by atoms with Crippen molar-refractivity contribution in [2.75, 3.05) is 19.4 Å². The average Bonchev–Trinajstić information content (AvgIpc) is 2.02. The number of rotatable bonds is 2. The van der Waals surface area contributed by atoms with Gasteiger partial charge in [0.05, 0.1) is 7.11 Å². The van der Waals surface area contributed by atoms with Crippen LogP contribution in [0.15, 0.2) is 18.2 Å². The number of methoxy groups -OCH3 is 1. The van der Waals surface area contributed by atoms with Gasteiger partial charge in [-0.3, -0.25) is 0 Å². The van der Waals surface area contributed by atoms with Crippen LogP contribution in [0.5, 0.6) is 5.75 Å². The van der Waals surface area contributed by atoms with Gasteiger partial charge in [-0.05, 0) is 31.2 Å². The van der Waals surface area contributed by atoms with Crippen LogP contribution in [0.2, 0.25) is 0 Å². The average molecular weight is 178 g/mol. The minimum atomic E-state index is 0.429. The van der Waals surface area contributed by atoms with Crippen molar-refractivity contribution in [2.45, 2.75) is 12.5 Å². The topological polar surface area (TPSA) is 47.3 Å². The van der Waals surface area contributed by atoms with Gasteiger partial charge in [-0.15, -0.1) is 0 Å². The quantitative estimate of drug-likeness (QED) is 0.671. The number of hydrogen-bond donors (Lipinski definition) is 2. The lowest BCUT2D eigenvalue weighted by atomic mass is 9.97. The third-order valence-corrected chi connectivity index (χ3v) is 2.45. The van der Waals surface area contributed by atoms with Gasteiger partial charge in [-0.1, -0.05) is 0 Å². The van der Waals surface area contributed by atoms with Crippen LogP contribution in [0.25, 0.3) is 0 Å². The normalized spacial score (nSPS) is 20.8. The van der Waals surface area contributed by atoms with Gasteiger partial charge in [0.2, 0.25) is 0 Å². The number of nitrogens with one attached hydrogen (secondary N) is 1. The summed E-state index contributed by atoms with van der Waals surface area (Å²) in [6.07, 6.45) is 1.17. The van der Waals surface area contributed by atoms with Crippen LogP contribution in [0.3, 0.4) is 0 Å². The highest BCUT2D eigenvalue weighted by atomic mass is 16.5. The van der Waals surface area contributed by atoms with E-state index in [9.17, 15) is 0 Å². The monoisotopic (exact) mass is 178 g/mol. The summed E-state index contributed by atoms with van der Waals surface area (Å²) in [5.74, 6) is 0.923. The molecule has 1 heterocycles. The smallest absolute Gasteiger partial charge is 0.123 e. The molecule has 0 radical (unpaired) electrons. The molecule has 3 N–H and O–H groups in total. The second-order valence-electron chi connectivity index (χ2n) is 3.30. The fourth-order valence-corrected chi connectivity index (χ4v) is 1.58. The summed E-state index contributed by atoms with van der Waals surface area (Å²) in [4.78, 5) is 0. The molecule has 0 aromatic heterocycles. The van der Waals surface area contributed by atoms with Gasteiger partial charge < -0.3 is 15.8 Å². The predicted molar refractivity (Wildman–Crippen MR) is 52.8 cm³/mol. The van der Waals surface area contributed by atoms with Crippen LogP contribution >= 0.6 is 0 Å². The molecule has 1 saturated heterocycles. The van der Waals surface area contributed by atoms with Crippen molar-refractivity contribution in [2.24, 2.45) is 0 Å². The molecular formula is C10H14N2O. The molecule has 1 aromatic carbocycles. The number of nitrogens with two attached hydrogens (primary N) is 1. The molecule has 1 atom stereocenters. The van der Waals surface area contributed by atoms with Gasteiger partial charge in [0.25, 0.3) is 0 Å². The molecule has 1 aromatic rings. The van der Waals surface area contributed by atoms with Crippen molar-refractivity contribution in [1.29, 1.82) is 0 Å². The molecule has 70 valence electrons. The number of ether oxygens (including phenoxy) is 1. The summed E-state index contributed by atoms with van der Waals surface area (Å²) in [6.45, 7) is 1.09. The van der Waals surface area contributed by atoms with Gasteiger partial charge >= 0.3 is 0 Å². The van der Waals surface area contributed by atoms with Crippen LogP contribution in [0.1, 0.15) is 18.0 Å². The molecule has 1 aliphatic heterocycles. The Morgan fingerprint density at radius 2 is 2.31 bits per heavy atom. The van der Waals surface area contributed by atoms with Gasteiger partial charge in [0.1, 0.15) is 5.75 Å². The SMILES string of the molecule is COc1ccc(N)cc1[C@@H]1CCN1. The highest BCUT2D eigenvalue weighted by molar-refractivity contribution is 5.49. The summed E-state index contributed by atoms with van der Waals surface area (Å²) in [5, 5.41) is 3.33. The van der Waals surface area contributed by atoms with Gasteiger partial charge in [-0.25, -0.2) is 0 Å². The first-order chi connectivity index (χ1) is 6.31. The lowest BCUT2D eigenvalue weighted by Crippen LogP contribution is -2.35. The Hall–Kier alpha value is -1.22. The van der Waals surface area contributed by atoms with Crippen LogP contribution < -0.4 is 15.8 Å². The summed E-state index contributed by atoms with van der Waals surface area (Å²) in [6, 6.07) is 6.19. The maximum absolute atomic E-state index is 5.72. The molecule has 3 nitrogen and oxygen atoms in total. The summed E-state index contributed by atoms with van der Waals surface area (Å²) < 4.78 is 5.26. The summed E-state index contributed by atoms with van der Waals surface area (Å²) >= 11 is 0. The standard InChI is InChI=1S/C10H14N2O/c1-13-10-3-2-7(11)6-8(10)9-4-5-12-9/h2-3,6,9,12H,4-5,11H2,1H3/t9-/m0/s1. The molecule has 3 heteroatoms. The Morgan fingerprint density at radius 3 is 2.85 bits per heavy atom. The van der Waals surface area contributed by atoms with E-state index >= 15 is 0 Å². The maximum atomic E-state index is 5.72. The van der Waals surface area contributed by atoms with Gasteiger partial charge in [-0.2, -0.15) is 0 Å². The van der Waals surface area contributed by atoms with Crippen LogP contribution in [0.4, 0.5) is 5.69 Å². The Bertz CT molecular complexity index is 308. The van der Waals surface area contributed by atoms with Gasteiger partial charge in [0, 0.05) is 17.3 Å². The lowest BCUT2D eigenvalue weighted by molar-refractivity contribution is 0.353. The number of benzene rings is 1. The first-order valence-corrected chi connectivity index (χ1v) is 4.48. The highest BCUT2D eigenvalue weighted by Crippen LogP contribution is 2.32. The highest BCUT2D eigenvalue weighted by Gasteiger charge is 2.21. The van der Waals surface area contributed by atoms with Crippen LogP contribution in [-0.4, -0.2) is 13.7 Å². The number of nitrogen functional groups attached to an aromatic ring is 1. The molecule has 0 spiro atoms. The second-order valence-corrected chi connectivity index (χ2v) is 3.30. The molecule has 1 aliphatic rings. The van der Waals surface area contributed by atoms with Crippen molar-refractivity contribution >= 4 is 5.69 Å². The zero-order valence-corrected chi connectivity index (χ0v) is 7.71. The van der Waals surface area contributed by atoms with E-state index in [2.05, 4.69) is 5.32 Å². The number of anilines is 1. The van der Waals surface area contributed by atoms with E-state index in [1.807, 2.05) is 18.2 Å². The second kappa shape index (κ2) is 3.26. The zero-order valence-electron chi connectivity index (χ0n) is 7.71. The minimum Gasteiger partial charge on any atom is -0.496 e. The van der Waals surface area contributed by atoms with Crippen molar-refractivity contribution in [3.05, 3.63) is 23.8 Å². The molecule has 0 amide bonds. The van der Waals surface area contributed by atoms with E-state index in [1.165, 1.54) is 12.0 Å². The van der Waals surface area contributed by atoms with Crippen molar-refractivity contribution in [3.8, 4) is 5.75 Å². The van der Waals surface area contributed by atoms with E-state index in [-0.39, 0.29) is 0 Å². The molecule has 0 bridgehead atoms. The van der Waals surface area contributed by atoms with Crippen molar-refractivity contribution < 1.29 is 4.74 Å². The van der Waals surface area contributed by atoms with E-state index in [4.69, 9.17) is 10.5 Å². The molecule has 2 rings (SSSR count). The Morgan fingerprint density at radius 1 is 1.54 bits per heavy atom. The Labute approximate surface area is 77.9 Å². The van der Waals surface area contributed by atoms with E-state index in [0.29, 0.717) is 6.04 Å². The van der Waals surface area contributed by atoms with Crippen molar-refractivity contribution in [1.82, 2.24) is 5.32 Å². The lowest BCUT2D eigenvalue weighted by Gasteiger charge is -2.29.